The van der Waals surface area contributed by atoms with Crippen molar-refractivity contribution in [3.8, 4) is 11.5 Å². The average Bonchev–Trinajstić information content (AvgIpc) is 3.68. The molecule has 39 heavy (non-hydrogen) atoms. The maximum atomic E-state index is 15.3. The number of anilines is 1. The van der Waals surface area contributed by atoms with Gasteiger partial charge in [0.1, 0.15) is 17.8 Å². The number of aromatic carboxylic acids is 1. The first-order valence-electron chi connectivity index (χ1n) is 12.3. The number of carboxylic acids is 1. The third kappa shape index (κ3) is 5.15. The lowest BCUT2D eigenvalue weighted by molar-refractivity contribution is 0.0695. The van der Waals surface area contributed by atoms with Crippen LogP contribution in [0.5, 0.6) is 11.5 Å². The van der Waals surface area contributed by atoms with Crippen molar-refractivity contribution in [1.82, 2.24) is 9.55 Å². The lowest BCUT2D eigenvalue weighted by atomic mass is 10.1. The van der Waals surface area contributed by atoms with E-state index in [2.05, 4.69) is 26.1 Å². The number of benzene rings is 1. The molecule has 1 atom stereocenters. The zero-order chi connectivity index (χ0) is 27.8. The van der Waals surface area contributed by atoms with E-state index in [4.69, 9.17) is 20.0 Å². The molecule has 1 saturated heterocycles. The van der Waals surface area contributed by atoms with Crippen LogP contribution in [0.4, 0.5) is 10.2 Å². The van der Waals surface area contributed by atoms with Crippen LogP contribution in [0.2, 0.25) is 0 Å². The SMILES string of the molecule is COc1cc(Br)c(CO/N=C2\CN(c3nc4c(cc3F)c(=O)c(C(=O)O)cn4C3CC3)CC2CN)cc1OC. The molecule has 1 aromatic carbocycles. The van der Waals surface area contributed by atoms with Gasteiger partial charge in [-0.25, -0.2) is 14.2 Å². The number of carbonyl (C=O) groups is 1. The van der Waals surface area contributed by atoms with Crippen LogP contribution in [-0.2, 0) is 11.4 Å². The summed E-state index contributed by atoms with van der Waals surface area (Å²) < 4.78 is 28.4. The van der Waals surface area contributed by atoms with Gasteiger partial charge in [0.15, 0.2) is 23.1 Å². The lowest BCUT2D eigenvalue weighted by Gasteiger charge is -2.19. The molecule has 0 bridgehead atoms. The standard InChI is InChI=1S/C26H27BrFN5O6/c1-37-21-5-13(18(27)7-22(21)38-2)12-39-31-20-11-32(9-14(20)8-29)25-19(28)6-16-23(34)17(26(35)36)10-33(15-3-4-15)24(16)30-25/h5-7,10,14-15H,3-4,8-9,11-12,29H2,1-2H3,(H,35,36)/b31-20+. The molecule has 1 unspecified atom stereocenters. The van der Waals surface area contributed by atoms with Gasteiger partial charge in [-0.15, -0.1) is 0 Å². The van der Waals surface area contributed by atoms with Crippen molar-refractivity contribution in [2.75, 3.05) is 38.8 Å². The molecule has 13 heteroatoms. The number of nitrogens with zero attached hydrogens (tertiary/aromatic N) is 4. The molecule has 3 N–H and O–H groups in total. The molecule has 2 fully saturated rings. The Hall–Kier alpha value is -3.71. The highest BCUT2D eigenvalue weighted by Gasteiger charge is 2.33. The quantitative estimate of drug-likeness (QED) is 0.352. The van der Waals surface area contributed by atoms with Crippen molar-refractivity contribution >= 4 is 44.5 Å². The molecule has 0 radical (unpaired) electrons. The van der Waals surface area contributed by atoms with Crippen molar-refractivity contribution in [3.63, 3.8) is 0 Å². The van der Waals surface area contributed by atoms with Crippen molar-refractivity contribution < 1.29 is 28.6 Å². The summed E-state index contributed by atoms with van der Waals surface area (Å²) in [7, 11) is 3.10. The summed E-state index contributed by atoms with van der Waals surface area (Å²) in [5.74, 6) is -1.10. The molecule has 1 aliphatic heterocycles. The number of ether oxygens (including phenoxy) is 2. The summed E-state index contributed by atoms with van der Waals surface area (Å²) in [4.78, 5) is 36.2. The van der Waals surface area contributed by atoms with Gasteiger partial charge in [-0.2, -0.15) is 0 Å². The number of nitrogens with two attached hydrogens (primary N) is 1. The van der Waals surface area contributed by atoms with Crippen LogP contribution in [0.25, 0.3) is 11.0 Å². The van der Waals surface area contributed by atoms with E-state index in [1.165, 1.54) is 6.20 Å². The van der Waals surface area contributed by atoms with E-state index >= 15 is 4.39 Å². The van der Waals surface area contributed by atoms with E-state index < -0.39 is 22.8 Å². The number of oxime groups is 1. The number of halogens is 2. The maximum Gasteiger partial charge on any atom is 0.341 e. The Morgan fingerprint density at radius 2 is 1.97 bits per heavy atom. The molecule has 3 heterocycles. The van der Waals surface area contributed by atoms with Crippen LogP contribution in [0, 0.1) is 11.7 Å². The summed E-state index contributed by atoms with van der Waals surface area (Å²) in [6, 6.07) is 4.66. The molecule has 5 rings (SSSR count). The maximum absolute atomic E-state index is 15.3. The minimum atomic E-state index is -1.35. The average molecular weight is 604 g/mol. The van der Waals surface area contributed by atoms with Gasteiger partial charge in [-0.05, 0) is 31.0 Å². The van der Waals surface area contributed by atoms with Gasteiger partial charge in [-0.1, -0.05) is 21.1 Å². The second-order valence-corrected chi connectivity index (χ2v) is 10.3. The van der Waals surface area contributed by atoms with Crippen molar-refractivity contribution in [3.05, 3.63) is 56.0 Å². The first kappa shape index (κ1) is 26.9. The van der Waals surface area contributed by atoms with E-state index in [-0.39, 0.29) is 48.5 Å². The zero-order valence-electron chi connectivity index (χ0n) is 21.3. The van der Waals surface area contributed by atoms with Crippen LogP contribution < -0.4 is 25.5 Å². The fraction of sp³-hybridized carbons (Fsp3) is 0.385. The van der Waals surface area contributed by atoms with Crippen molar-refractivity contribution in [2.24, 2.45) is 16.8 Å². The topological polar surface area (TPSA) is 142 Å². The van der Waals surface area contributed by atoms with Gasteiger partial charge in [0.25, 0.3) is 0 Å². The third-order valence-electron chi connectivity index (χ3n) is 6.91. The highest BCUT2D eigenvalue weighted by atomic mass is 79.9. The second-order valence-electron chi connectivity index (χ2n) is 9.45. The van der Waals surface area contributed by atoms with Gasteiger partial charge in [0.05, 0.1) is 31.9 Å². The molecular weight excluding hydrogens is 577 g/mol. The number of hydrogen-bond donors (Lipinski definition) is 2. The normalized spacial score (nSPS) is 18.1. The van der Waals surface area contributed by atoms with E-state index in [0.717, 1.165) is 28.9 Å². The predicted octanol–water partition coefficient (Wildman–Crippen LogP) is 3.32. The highest BCUT2D eigenvalue weighted by molar-refractivity contribution is 9.10. The summed E-state index contributed by atoms with van der Waals surface area (Å²) >= 11 is 3.50. The summed E-state index contributed by atoms with van der Waals surface area (Å²) in [6.45, 7) is 0.993. The van der Waals surface area contributed by atoms with Gasteiger partial charge in [0.2, 0.25) is 5.43 Å². The molecule has 0 spiro atoms. The van der Waals surface area contributed by atoms with Crippen molar-refractivity contribution in [1.29, 1.82) is 0 Å². The molecule has 0 amide bonds. The highest BCUT2D eigenvalue weighted by Crippen LogP contribution is 2.37. The number of hydrogen-bond acceptors (Lipinski definition) is 9. The van der Waals surface area contributed by atoms with Gasteiger partial charge < -0.3 is 34.6 Å². The number of fused-ring (bicyclic) bond motifs is 1. The number of pyridine rings is 2. The van der Waals surface area contributed by atoms with Crippen LogP contribution >= 0.6 is 15.9 Å². The van der Waals surface area contributed by atoms with Gasteiger partial charge >= 0.3 is 5.97 Å². The minimum absolute atomic E-state index is 0.0220. The number of carboxylic acid groups (broad SMARTS) is 1. The minimum Gasteiger partial charge on any atom is -0.493 e. The molecule has 2 aromatic heterocycles. The van der Waals surface area contributed by atoms with E-state index in [0.29, 0.717) is 23.8 Å². The summed E-state index contributed by atoms with van der Waals surface area (Å²) in [5.41, 5.74) is 6.51. The smallest absolute Gasteiger partial charge is 0.341 e. The number of rotatable bonds is 9. The fourth-order valence-corrected chi connectivity index (χ4v) is 5.11. The van der Waals surface area contributed by atoms with Crippen LogP contribution in [0.3, 0.4) is 0 Å². The molecule has 1 saturated carbocycles. The predicted molar refractivity (Wildman–Crippen MR) is 145 cm³/mol. The van der Waals surface area contributed by atoms with Crippen LogP contribution in [0.1, 0.15) is 34.8 Å². The monoisotopic (exact) mass is 603 g/mol. The zero-order valence-corrected chi connectivity index (χ0v) is 22.9. The largest absolute Gasteiger partial charge is 0.493 e. The second kappa shape index (κ2) is 10.8. The first-order valence-corrected chi connectivity index (χ1v) is 13.1. The van der Waals surface area contributed by atoms with Crippen LogP contribution in [0.15, 0.2) is 38.8 Å². The molecule has 3 aromatic rings. The number of aromatic nitrogens is 2. The fourth-order valence-electron chi connectivity index (χ4n) is 4.67. The summed E-state index contributed by atoms with van der Waals surface area (Å²) in [5, 5.41) is 13.7. The Kier molecular flexibility index (Phi) is 7.45. The van der Waals surface area contributed by atoms with Gasteiger partial charge in [-0.3, -0.25) is 4.79 Å². The Morgan fingerprint density at radius 3 is 2.62 bits per heavy atom. The molecule has 11 nitrogen and oxygen atoms in total. The van der Waals surface area contributed by atoms with E-state index in [9.17, 15) is 14.7 Å². The van der Waals surface area contributed by atoms with E-state index in [1.807, 2.05) is 0 Å². The number of methoxy groups -OCH3 is 2. The lowest BCUT2D eigenvalue weighted by Crippen LogP contribution is -2.26. The Balaban J connectivity index is 1.42. The Morgan fingerprint density at radius 1 is 1.26 bits per heavy atom. The summed E-state index contributed by atoms with van der Waals surface area (Å²) in [6.07, 6.45) is 2.96. The van der Waals surface area contributed by atoms with E-state index in [1.54, 1.807) is 35.8 Å². The Labute approximate surface area is 231 Å². The molecule has 1 aliphatic carbocycles. The molecule has 206 valence electrons. The molecular formula is C26H27BrFN5O6. The third-order valence-corrected chi connectivity index (χ3v) is 7.65. The Bertz CT molecular complexity index is 1540. The first-order chi connectivity index (χ1) is 18.7. The van der Waals surface area contributed by atoms with Gasteiger partial charge in [0, 0.05) is 41.3 Å². The van der Waals surface area contributed by atoms with Crippen molar-refractivity contribution in [2.45, 2.75) is 25.5 Å². The van der Waals surface area contributed by atoms with Crippen LogP contribution in [-0.4, -0.2) is 60.2 Å². The molecule has 2 aliphatic rings.